The molecular weight excluding hydrogens is 545 g/mol. The van der Waals surface area contributed by atoms with E-state index in [1.807, 2.05) is 27.7 Å². The van der Waals surface area contributed by atoms with Gasteiger partial charge in [-0.05, 0) is 54.1 Å². The van der Waals surface area contributed by atoms with Gasteiger partial charge in [0.15, 0.2) is 0 Å². The molecule has 222 valence electrons. The first kappa shape index (κ1) is 34.8. The number of alkyl halides is 3. The Balaban J connectivity index is 0.000000353. The average Bonchev–Trinajstić information content (AvgIpc) is 3.37. The van der Waals surface area contributed by atoms with Gasteiger partial charge in [0.05, 0.1) is 23.0 Å². The van der Waals surface area contributed by atoms with E-state index in [0.717, 1.165) is 27.3 Å². The van der Waals surface area contributed by atoms with E-state index in [0.29, 0.717) is 32.3 Å². The lowest BCUT2D eigenvalue weighted by molar-refractivity contribution is -0.174. The molecule has 0 spiro atoms. The van der Waals surface area contributed by atoms with Crippen molar-refractivity contribution in [2.45, 2.75) is 73.5 Å². The first-order chi connectivity index (χ1) is 18.5. The Hall–Kier alpha value is -3.27. The van der Waals surface area contributed by atoms with Gasteiger partial charge in [-0.25, -0.2) is 0 Å². The number of halogens is 3. The zero-order valence-corrected chi connectivity index (χ0v) is 24.9. The smallest absolute Gasteiger partial charge is 0.343 e. The Kier molecular flexibility index (Phi) is 13.5. The van der Waals surface area contributed by atoms with E-state index < -0.39 is 30.6 Å². The summed E-state index contributed by atoms with van der Waals surface area (Å²) >= 11 is 1.43. The molecule has 1 unspecified atom stereocenters. The predicted octanol–water partition coefficient (Wildman–Crippen LogP) is 4.40. The minimum absolute atomic E-state index is 0.0519. The normalized spacial score (nSPS) is 16.6. The third kappa shape index (κ3) is 11.1. The fraction of sp³-hybridized carbons (Fsp3) is 0.630. The van der Waals surface area contributed by atoms with Gasteiger partial charge >= 0.3 is 12.1 Å². The summed E-state index contributed by atoms with van der Waals surface area (Å²) in [6, 6.07) is 1.60. The van der Waals surface area contributed by atoms with E-state index in [4.69, 9.17) is 5.26 Å². The lowest BCUT2D eigenvalue weighted by atomic mass is 9.84. The minimum atomic E-state index is -4.95. The quantitative estimate of drug-likeness (QED) is 0.465. The molecule has 3 rings (SSSR count). The summed E-state index contributed by atoms with van der Waals surface area (Å²) in [5.74, 6) is -1.45. The summed E-state index contributed by atoms with van der Waals surface area (Å²) in [7, 11) is 0. The van der Waals surface area contributed by atoms with Crippen LogP contribution in [0.2, 0.25) is 0 Å². The van der Waals surface area contributed by atoms with Crippen molar-refractivity contribution in [3.63, 3.8) is 0 Å². The van der Waals surface area contributed by atoms with Crippen LogP contribution >= 0.6 is 11.5 Å². The van der Waals surface area contributed by atoms with Crippen LogP contribution < -0.4 is 10.6 Å². The van der Waals surface area contributed by atoms with Crippen molar-refractivity contribution in [3.8, 4) is 6.07 Å². The summed E-state index contributed by atoms with van der Waals surface area (Å²) in [4.78, 5) is 38.2. The van der Waals surface area contributed by atoms with E-state index in [2.05, 4.69) is 41.5 Å². The predicted molar refractivity (Wildman–Crippen MR) is 148 cm³/mol. The molecule has 0 saturated carbocycles. The highest BCUT2D eigenvalue weighted by molar-refractivity contribution is 7.13. The SMILES string of the molecule is CC(C)C.C[C@H]1CN(C(=O)CNC(=O)C(F)(F)F)CC1(C)C.Cc1nsc2cncc(CCC(C#N)NC=O)c12. The molecule has 1 aliphatic heterocycles. The number of fused-ring (bicyclic) bond motifs is 1. The van der Waals surface area contributed by atoms with E-state index >= 15 is 0 Å². The van der Waals surface area contributed by atoms with Crippen LogP contribution in [0.5, 0.6) is 0 Å². The van der Waals surface area contributed by atoms with Crippen LogP contribution in [-0.2, 0) is 20.8 Å². The number of rotatable bonds is 7. The lowest BCUT2D eigenvalue weighted by Crippen LogP contribution is -2.44. The molecule has 9 nitrogen and oxygen atoms in total. The molecule has 13 heteroatoms. The Morgan fingerprint density at radius 3 is 2.42 bits per heavy atom. The van der Waals surface area contributed by atoms with Crippen LogP contribution in [-0.4, -0.2) is 64.3 Å². The van der Waals surface area contributed by atoms with Crippen molar-refractivity contribution >= 4 is 39.8 Å². The Labute approximate surface area is 237 Å². The average molecular weight is 585 g/mol. The van der Waals surface area contributed by atoms with Crippen LogP contribution in [0.3, 0.4) is 0 Å². The van der Waals surface area contributed by atoms with Gasteiger partial charge < -0.3 is 15.5 Å². The largest absolute Gasteiger partial charge is 0.471 e. The van der Waals surface area contributed by atoms with Gasteiger partial charge in [0, 0.05) is 30.9 Å². The van der Waals surface area contributed by atoms with Gasteiger partial charge in [-0.1, -0.05) is 41.5 Å². The van der Waals surface area contributed by atoms with Gasteiger partial charge in [-0.2, -0.15) is 22.8 Å². The third-order valence-electron chi connectivity index (χ3n) is 6.20. The molecule has 0 aliphatic carbocycles. The number of nitriles is 1. The monoisotopic (exact) mass is 584 g/mol. The summed E-state index contributed by atoms with van der Waals surface area (Å²) < 4.78 is 41.1. The van der Waals surface area contributed by atoms with Crippen molar-refractivity contribution in [2.24, 2.45) is 17.3 Å². The number of carbonyl (C=O) groups excluding carboxylic acids is 3. The molecule has 1 saturated heterocycles. The number of aromatic nitrogens is 2. The summed E-state index contributed by atoms with van der Waals surface area (Å²) in [5.41, 5.74) is 2.01. The van der Waals surface area contributed by atoms with Crippen LogP contribution in [0.25, 0.3) is 10.1 Å². The van der Waals surface area contributed by atoms with Gasteiger partial charge in [0.25, 0.3) is 0 Å². The molecule has 3 amide bonds. The standard InChI is InChI=1S/C12H12N4OS.C11H17F3N2O2.C4H10/c1-8-12-9(2-3-10(4-13)15-7-17)5-14-6-11(12)18-16-8;1-7-5-16(6-10(7,2)3)8(17)4-15-9(18)11(12,13)14;1-4(2)3/h5-7,10H,2-3H2,1H3,(H,15,17);7H,4-6H2,1-3H3,(H,15,18);4H,1-3H3/t;7-;/m.0./s1. The molecule has 2 aromatic heterocycles. The van der Waals surface area contributed by atoms with Crippen molar-refractivity contribution < 1.29 is 27.6 Å². The maximum absolute atomic E-state index is 11.9. The zero-order chi connectivity index (χ0) is 30.7. The lowest BCUT2D eigenvalue weighted by Gasteiger charge is -2.22. The first-order valence-electron chi connectivity index (χ1n) is 12.9. The molecule has 2 aromatic rings. The van der Waals surface area contributed by atoms with E-state index in [9.17, 15) is 27.6 Å². The highest BCUT2D eigenvalue weighted by Crippen LogP contribution is 2.34. The molecule has 0 bridgehead atoms. The van der Waals surface area contributed by atoms with E-state index in [-0.39, 0.29) is 11.3 Å². The Morgan fingerprint density at radius 1 is 1.30 bits per heavy atom. The second-order valence-corrected chi connectivity index (χ2v) is 11.8. The number of aryl methyl sites for hydroxylation is 2. The number of nitrogens with zero attached hydrogens (tertiary/aromatic N) is 4. The third-order valence-corrected chi connectivity index (χ3v) is 7.07. The number of amides is 3. The van der Waals surface area contributed by atoms with Gasteiger partial charge in [0.2, 0.25) is 12.3 Å². The zero-order valence-electron chi connectivity index (χ0n) is 24.1. The van der Waals surface area contributed by atoms with Crippen molar-refractivity contribution in [3.05, 3.63) is 23.7 Å². The number of likely N-dealkylation sites (tertiary alicyclic amines) is 1. The fourth-order valence-electron chi connectivity index (χ4n) is 3.73. The summed E-state index contributed by atoms with van der Waals surface area (Å²) in [6.45, 7) is 14.8. The molecule has 1 aliphatic rings. The maximum Gasteiger partial charge on any atom is 0.471 e. The molecule has 0 radical (unpaired) electrons. The number of pyridine rings is 1. The topological polar surface area (TPSA) is 128 Å². The molecule has 2 atom stereocenters. The Morgan fingerprint density at radius 2 is 1.93 bits per heavy atom. The molecule has 40 heavy (non-hydrogen) atoms. The molecule has 0 aromatic carbocycles. The second kappa shape index (κ2) is 15.5. The first-order valence-corrected chi connectivity index (χ1v) is 13.7. The highest BCUT2D eigenvalue weighted by Gasteiger charge is 2.41. The Bertz CT molecular complexity index is 1170. The van der Waals surface area contributed by atoms with Crippen LogP contribution in [0.1, 0.15) is 59.2 Å². The van der Waals surface area contributed by atoms with E-state index in [1.54, 1.807) is 17.7 Å². The van der Waals surface area contributed by atoms with Crippen molar-refractivity contribution in [2.75, 3.05) is 19.6 Å². The van der Waals surface area contributed by atoms with Gasteiger partial charge in [-0.15, -0.1) is 0 Å². The molecule has 2 N–H and O–H groups in total. The van der Waals surface area contributed by atoms with E-state index in [1.165, 1.54) is 16.4 Å². The van der Waals surface area contributed by atoms with Crippen LogP contribution in [0, 0.1) is 35.5 Å². The maximum atomic E-state index is 11.9. The molecular formula is C27H39F3N6O3S. The molecule has 1 fully saturated rings. The van der Waals surface area contributed by atoms with Crippen molar-refractivity contribution in [1.82, 2.24) is 24.9 Å². The van der Waals surface area contributed by atoms with Crippen molar-refractivity contribution in [1.29, 1.82) is 5.26 Å². The number of hydrogen-bond donors (Lipinski definition) is 2. The number of carbonyl (C=O) groups is 3. The summed E-state index contributed by atoms with van der Waals surface area (Å²) in [6.07, 6.45) is 0.490. The number of nitrogens with one attached hydrogen (secondary N) is 2. The van der Waals surface area contributed by atoms with Gasteiger partial charge in [0.1, 0.15) is 6.04 Å². The van der Waals surface area contributed by atoms with Gasteiger partial charge in [-0.3, -0.25) is 19.4 Å². The van der Waals surface area contributed by atoms with Crippen LogP contribution in [0.15, 0.2) is 12.4 Å². The second-order valence-electron chi connectivity index (χ2n) is 11.0. The molecule has 3 heterocycles. The van der Waals surface area contributed by atoms with Crippen LogP contribution in [0.4, 0.5) is 13.2 Å². The fourth-order valence-corrected chi connectivity index (χ4v) is 4.53. The minimum Gasteiger partial charge on any atom is -0.343 e. The number of hydrogen-bond acceptors (Lipinski definition) is 7. The summed E-state index contributed by atoms with van der Waals surface area (Å²) in [5, 5.41) is 14.1. The highest BCUT2D eigenvalue weighted by atomic mass is 32.1.